The molecule has 17 nitrogen and oxygen atoms in total. The summed E-state index contributed by atoms with van der Waals surface area (Å²) in [5, 5.41) is 7.15. The maximum atomic E-state index is 14.3. The summed E-state index contributed by atoms with van der Waals surface area (Å²) in [6.45, 7) is 0.381. The highest BCUT2D eigenvalue weighted by Gasteiger charge is 2.45. The molecule has 5 heterocycles. The van der Waals surface area contributed by atoms with Crippen LogP contribution in [0.4, 0.5) is 0 Å². The molecule has 0 bridgehead atoms. The molecule has 2 aliphatic rings. The van der Waals surface area contributed by atoms with Crippen LogP contribution in [-0.2, 0) is 52.3 Å². The third kappa shape index (κ3) is 13.3. The third-order valence-corrected chi connectivity index (χ3v) is 19.7. The molecule has 4 amide bonds. The number of para-hydroxylation sites is 2. The van der Waals surface area contributed by atoms with Crippen LogP contribution in [0.25, 0.3) is 21.8 Å². The van der Waals surface area contributed by atoms with E-state index in [9.17, 15) is 36.0 Å². The fourth-order valence-electron chi connectivity index (χ4n) is 11.4. The number of pyridine rings is 3. The topological polar surface area (TPSA) is 212 Å². The highest BCUT2D eigenvalue weighted by atomic mass is 32.2. The molecule has 2 aliphatic heterocycles. The first-order valence-corrected chi connectivity index (χ1v) is 31.7. The van der Waals surface area contributed by atoms with Crippen LogP contribution < -0.4 is 10.6 Å². The molecule has 0 saturated carbocycles. The number of nitrogens with one attached hydrogen (secondary N) is 2. The van der Waals surface area contributed by atoms with Crippen LogP contribution in [0.3, 0.4) is 0 Å². The summed E-state index contributed by atoms with van der Waals surface area (Å²) < 4.78 is 59.4. The number of carbonyl (C=O) groups is 4. The summed E-state index contributed by atoms with van der Waals surface area (Å²) in [5.41, 5.74) is 5.65. The molecule has 2 unspecified atom stereocenters. The van der Waals surface area contributed by atoms with Crippen LogP contribution in [-0.4, -0.2) is 125 Å². The van der Waals surface area contributed by atoms with Gasteiger partial charge in [-0.2, -0.15) is 8.61 Å². The molecule has 0 radical (unpaired) electrons. The number of benzene rings is 7. The van der Waals surface area contributed by atoms with E-state index in [1.165, 1.54) is 20.7 Å². The number of sulfonamides is 2. The Morgan fingerprint density at radius 3 is 1.11 bits per heavy atom. The Labute approximate surface area is 511 Å². The molecule has 2 saturated heterocycles. The average molecular weight is 1210 g/mol. The molecular weight excluding hydrogens is 1150 g/mol. The first-order valence-electron chi connectivity index (χ1n) is 28.8. The van der Waals surface area contributed by atoms with E-state index in [2.05, 4.69) is 25.6 Å². The molecule has 2 N–H and O–H groups in total. The van der Waals surface area contributed by atoms with E-state index in [-0.39, 0.29) is 74.0 Å². The number of carbonyl (C=O) groups excluding carboxylic acids is 4. The number of aromatic nitrogens is 3. The second kappa shape index (κ2) is 27.3. The zero-order valence-corrected chi connectivity index (χ0v) is 49.5. The standard InChI is InChI=1S/C35H32N4O4S.C34H31N5O4S/c40-34(37-24-26-12-4-1-5-13-26)30-25-38(35(41)32(27-14-6-2-7-15-27)28-16-8-3-9-17-28)22-23-39(30)44(42,43)31-20-10-18-29-19-11-21-36-33(29)31;40-33(37-23-25-16-19-35-20-17-25)29-24-38(34(41)31(26-9-3-1-4-10-26)27-11-5-2-6-12-27)21-22-39(29)44(42,43)30-15-7-13-28-14-8-18-36-32(28)30/h1-21,30,32H,22-25H2,(H,37,40);1-20,29,31H,21-24H2,(H,37,40). The number of rotatable bonds is 16. The molecule has 10 aromatic rings. The number of hydrogen-bond donors (Lipinski definition) is 2. The summed E-state index contributed by atoms with van der Waals surface area (Å²) in [5.74, 6) is -2.56. The number of hydrogen-bond acceptors (Lipinski definition) is 11. The first-order chi connectivity index (χ1) is 42.9. The van der Waals surface area contributed by atoms with Crippen molar-refractivity contribution >= 4 is 65.5 Å². The molecule has 19 heteroatoms. The van der Waals surface area contributed by atoms with Gasteiger partial charge in [0.1, 0.15) is 21.9 Å². The minimum atomic E-state index is -4.18. The van der Waals surface area contributed by atoms with Crippen molar-refractivity contribution in [3.05, 3.63) is 283 Å². The van der Waals surface area contributed by atoms with Crippen molar-refractivity contribution < 1.29 is 36.0 Å². The average Bonchev–Trinajstić information content (AvgIpc) is 1.06. The quantitative estimate of drug-likeness (QED) is 0.0935. The fraction of sp³-hybridized carbons (Fsp3) is 0.174. The van der Waals surface area contributed by atoms with Gasteiger partial charge in [-0.05, 0) is 69.8 Å². The van der Waals surface area contributed by atoms with Crippen molar-refractivity contribution in [2.75, 3.05) is 39.3 Å². The van der Waals surface area contributed by atoms with E-state index < -0.39 is 55.8 Å². The number of fused-ring (bicyclic) bond motifs is 2. The van der Waals surface area contributed by atoms with Gasteiger partial charge >= 0.3 is 0 Å². The fourth-order valence-corrected chi connectivity index (χ4v) is 14.8. The number of piperazine rings is 2. The Morgan fingerprint density at radius 2 is 0.739 bits per heavy atom. The van der Waals surface area contributed by atoms with E-state index in [4.69, 9.17) is 0 Å². The second-order valence-electron chi connectivity index (χ2n) is 21.3. The van der Waals surface area contributed by atoms with Crippen molar-refractivity contribution in [1.29, 1.82) is 0 Å². The molecule has 2 fully saturated rings. The first kappa shape index (κ1) is 59.9. The van der Waals surface area contributed by atoms with Crippen LogP contribution in [0, 0.1) is 0 Å². The zero-order chi connectivity index (χ0) is 61.0. The molecule has 0 aliphatic carbocycles. The lowest BCUT2D eigenvalue weighted by Crippen LogP contribution is -2.61. The van der Waals surface area contributed by atoms with Crippen LogP contribution in [0.2, 0.25) is 0 Å². The smallest absolute Gasteiger partial charge is 0.246 e. The van der Waals surface area contributed by atoms with Gasteiger partial charge in [-0.15, -0.1) is 0 Å². The number of nitrogens with zero attached hydrogens (tertiary/aromatic N) is 7. The lowest BCUT2D eigenvalue weighted by molar-refractivity contribution is -0.138. The van der Waals surface area contributed by atoms with Crippen LogP contribution in [0.15, 0.2) is 259 Å². The summed E-state index contributed by atoms with van der Waals surface area (Å²) >= 11 is 0. The molecule has 3 aromatic heterocycles. The molecule has 7 aromatic carbocycles. The third-order valence-electron chi connectivity index (χ3n) is 15.8. The predicted octanol–water partition coefficient (Wildman–Crippen LogP) is 8.56. The molecule has 2 atom stereocenters. The van der Waals surface area contributed by atoms with Gasteiger partial charge in [0.25, 0.3) is 0 Å². The van der Waals surface area contributed by atoms with Gasteiger partial charge in [0, 0.05) is 87.9 Å². The Morgan fingerprint density at radius 1 is 0.398 bits per heavy atom. The molecule has 0 spiro atoms. The van der Waals surface area contributed by atoms with Crippen LogP contribution in [0.1, 0.15) is 45.2 Å². The summed E-state index contributed by atoms with van der Waals surface area (Å²) in [6.07, 6.45) is 6.35. The van der Waals surface area contributed by atoms with Crippen molar-refractivity contribution in [2.45, 2.75) is 46.8 Å². The highest BCUT2D eigenvalue weighted by molar-refractivity contribution is 7.89. The Balaban J connectivity index is 0.000000182. The van der Waals surface area contributed by atoms with E-state index in [0.29, 0.717) is 21.8 Å². The Bertz CT molecular complexity index is 3930. The molecule has 12 rings (SSSR count). The number of amides is 4. The van der Waals surface area contributed by atoms with Crippen LogP contribution in [0.5, 0.6) is 0 Å². The summed E-state index contributed by atoms with van der Waals surface area (Å²) in [4.78, 5) is 72.1. The zero-order valence-electron chi connectivity index (χ0n) is 47.9. The minimum absolute atomic E-state index is 0.0220. The lowest BCUT2D eigenvalue weighted by Gasteiger charge is -2.41. The second-order valence-corrected chi connectivity index (χ2v) is 25.0. The Kier molecular flexibility index (Phi) is 18.6. The molecular formula is C69H63N9O8S2. The Hall–Kier alpha value is -9.79. The summed E-state index contributed by atoms with van der Waals surface area (Å²) in [6, 6.07) is 65.7. The van der Waals surface area contributed by atoms with Gasteiger partial charge in [-0.1, -0.05) is 188 Å². The van der Waals surface area contributed by atoms with E-state index >= 15 is 0 Å². The van der Waals surface area contributed by atoms with Crippen molar-refractivity contribution in [1.82, 2.24) is 44.0 Å². The SMILES string of the molecule is O=C(NCc1ccccc1)C1CN(C(=O)C(c2ccccc2)c2ccccc2)CCN1S(=O)(=O)c1cccc2cccnc12.O=C(NCc1ccncc1)C1CN(C(=O)C(c2ccccc2)c2ccccc2)CCN1S(=O)(=O)c1cccc2cccnc12. The molecule has 88 heavy (non-hydrogen) atoms. The van der Waals surface area contributed by atoms with Gasteiger partial charge in [-0.25, -0.2) is 16.8 Å². The highest BCUT2D eigenvalue weighted by Crippen LogP contribution is 2.34. The van der Waals surface area contributed by atoms with E-state index in [1.807, 2.05) is 152 Å². The lowest BCUT2D eigenvalue weighted by atomic mass is 9.89. The molecule has 444 valence electrons. The monoisotopic (exact) mass is 1210 g/mol. The van der Waals surface area contributed by atoms with Gasteiger partial charge in [0.05, 0.1) is 22.9 Å². The van der Waals surface area contributed by atoms with Gasteiger partial charge in [-0.3, -0.25) is 34.1 Å². The maximum Gasteiger partial charge on any atom is 0.246 e. The van der Waals surface area contributed by atoms with Gasteiger partial charge < -0.3 is 20.4 Å². The van der Waals surface area contributed by atoms with E-state index in [1.54, 1.807) is 95.3 Å². The maximum absolute atomic E-state index is 14.3. The van der Waals surface area contributed by atoms with Crippen molar-refractivity contribution in [2.24, 2.45) is 0 Å². The summed E-state index contributed by atoms with van der Waals surface area (Å²) in [7, 11) is -8.34. The minimum Gasteiger partial charge on any atom is -0.351 e. The van der Waals surface area contributed by atoms with Crippen molar-refractivity contribution in [3.8, 4) is 0 Å². The van der Waals surface area contributed by atoms with Gasteiger partial charge in [0.15, 0.2) is 0 Å². The predicted molar refractivity (Wildman–Crippen MR) is 336 cm³/mol. The van der Waals surface area contributed by atoms with Crippen LogP contribution >= 0.6 is 0 Å². The van der Waals surface area contributed by atoms with E-state index in [0.717, 1.165) is 33.4 Å². The van der Waals surface area contributed by atoms with Crippen molar-refractivity contribution in [3.63, 3.8) is 0 Å². The largest absolute Gasteiger partial charge is 0.351 e. The van der Waals surface area contributed by atoms with Gasteiger partial charge in [0.2, 0.25) is 43.7 Å². The normalized spacial score (nSPS) is 15.8.